The van der Waals surface area contributed by atoms with Gasteiger partial charge in [-0.1, -0.05) is 26.6 Å². The molecule has 0 bridgehead atoms. The highest BCUT2D eigenvalue weighted by Gasteiger charge is 2.63. The number of hydrogen-bond donors (Lipinski definition) is 1. The largest absolute Gasteiger partial charge is 0.497 e. The van der Waals surface area contributed by atoms with Gasteiger partial charge in [0.15, 0.2) is 0 Å². The Morgan fingerprint density at radius 1 is 1.33 bits per heavy atom. The number of fused-ring (bicyclic) bond motifs is 3. The van der Waals surface area contributed by atoms with E-state index in [2.05, 4.69) is 44.0 Å². The van der Waals surface area contributed by atoms with Crippen LogP contribution in [0.3, 0.4) is 0 Å². The predicted molar refractivity (Wildman–Crippen MR) is 87.6 cm³/mol. The van der Waals surface area contributed by atoms with Crippen LogP contribution in [0, 0.1) is 0 Å². The zero-order valence-electron chi connectivity index (χ0n) is 13.7. The predicted octanol–water partition coefficient (Wildman–Crippen LogP) is 2.88. The molecule has 0 radical (unpaired) electrons. The van der Waals surface area contributed by atoms with E-state index in [1.807, 2.05) is 18.0 Å². The van der Waals surface area contributed by atoms with Gasteiger partial charge in [0.2, 0.25) is 5.91 Å². The maximum absolute atomic E-state index is 12.8. The van der Waals surface area contributed by atoms with Gasteiger partial charge in [-0.3, -0.25) is 4.79 Å². The number of rotatable bonds is 2. The number of benzene rings is 1. The van der Waals surface area contributed by atoms with Crippen molar-refractivity contribution in [1.82, 2.24) is 4.90 Å². The van der Waals surface area contributed by atoms with Gasteiger partial charge in [-0.15, -0.1) is 0 Å². The fraction of sp³-hybridized carbons (Fsp3) is 0.562. The second kappa shape index (κ2) is 4.26. The smallest absolute Gasteiger partial charge is 0.225 e. The van der Waals surface area contributed by atoms with E-state index < -0.39 is 8.07 Å². The van der Waals surface area contributed by atoms with Crippen molar-refractivity contribution in [2.24, 2.45) is 0 Å². The highest BCUT2D eigenvalue weighted by Crippen LogP contribution is 2.57. The summed E-state index contributed by atoms with van der Waals surface area (Å²) >= 11 is 0. The summed E-state index contributed by atoms with van der Waals surface area (Å²) in [7, 11) is 1.95. The van der Waals surface area contributed by atoms with Crippen molar-refractivity contribution >= 4 is 19.7 Å². The normalized spacial score (nSPS) is 31.0. The van der Waals surface area contributed by atoms with Crippen molar-refractivity contribution in [2.75, 3.05) is 19.5 Å². The Morgan fingerprint density at radius 3 is 2.57 bits per heavy atom. The highest BCUT2D eigenvalue weighted by atomic mass is 28.3. The van der Waals surface area contributed by atoms with Gasteiger partial charge in [0, 0.05) is 23.7 Å². The number of ether oxygens (including phenoxy) is 1. The van der Waals surface area contributed by atoms with Crippen LogP contribution in [0.1, 0.15) is 12.5 Å². The van der Waals surface area contributed by atoms with E-state index in [-0.39, 0.29) is 23.0 Å². The third-order valence-electron chi connectivity index (χ3n) is 5.11. The lowest BCUT2D eigenvalue weighted by molar-refractivity contribution is -0.127. The monoisotopic (exact) mass is 304 g/mol. The molecule has 0 spiro atoms. The van der Waals surface area contributed by atoms with E-state index in [4.69, 9.17) is 4.74 Å². The summed E-state index contributed by atoms with van der Waals surface area (Å²) in [6.07, 6.45) is 0.0452. The summed E-state index contributed by atoms with van der Waals surface area (Å²) in [5.74, 6) is 1.14. The van der Waals surface area contributed by atoms with Gasteiger partial charge in [0.1, 0.15) is 11.9 Å². The maximum atomic E-state index is 12.8. The molecule has 2 aliphatic heterocycles. The van der Waals surface area contributed by atoms with Crippen molar-refractivity contribution in [1.29, 1.82) is 0 Å². The second-order valence-corrected chi connectivity index (χ2v) is 12.8. The molecule has 3 atom stereocenters. The molecule has 21 heavy (non-hydrogen) atoms. The van der Waals surface area contributed by atoms with E-state index in [0.717, 1.165) is 11.4 Å². The lowest BCUT2D eigenvalue weighted by Crippen LogP contribution is -2.45. The number of anilines is 1. The molecule has 4 nitrogen and oxygen atoms in total. The zero-order valence-corrected chi connectivity index (χ0v) is 14.7. The Balaban J connectivity index is 2.20. The summed E-state index contributed by atoms with van der Waals surface area (Å²) in [5, 5.41) is 3.54. The van der Waals surface area contributed by atoms with Crippen LogP contribution in [-0.2, 0) is 10.2 Å². The fourth-order valence-corrected chi connectivity index (χ4v) is 7.39. The number of likely N-dealkylation sites (N-methyl/N-ethyl adjacent to an activating group) is 1. The van der Waals surface area contributed by atoms with Crippen LogP contribution in [0.25, 0.3) is 0 Å². The lowest BCUT2D eigenvalue weighted by atomic mass is 9.80. The Labute approximate surface area is 127 Å². The number of nitrogens with zero attached hydrogens (tertiary/aromatic N) is 1. The molecule has 114 valence electrons. The van der Waals surface area contributed by atoms with E-state index in [9.17, 15) is 4.79 Å². The molecule has 0 aliphatic carbocycles. The average molecular weight is 304 g/mol. The number of nitrogens with one attached hydrogen (secondary N) is 1. The molecule has 1 aromatic carbocycles. The summed E-state index contributed by atoms with van der Waals surface area (Å²) in [5.41, 5.74) is 2.25. The molecule has 1 amide bonds. The third kappa shape index (κ3) is 1.76. The quantitative estimate of drug-likeness (QED) is 0.854. The molecule has 1 fully saturated rings. The minimum Gasteiger partial charge on any atom is -0.497 e. The van der Waals surface area contributed by atoms with E-state index in [1.165, 1.54) is 5.56 Å². The lowest BCUT2D eigenvalue weighted by Gasteiger charge is -2.36. The fourth-order valence-electron chi connectivity index (χ4n) is 4.34. The Bertz CT molecular complexity index is 611. The zero-order chi connectivity index (χ0) is 15.6. The van der Waals surface area contributed by atoms with Crippen LogP contribution in [0.2, 0.25) is 25.2 Å². The van der Waals surface area contributed by atoms with Crippen molar-refractivity contribution in [3.05, 3.63) is 23.8 Å². The van der Waals surface area contributed by atoms with Gasteiger partial charge in [0.25, 0.3) is 0 Å². The molecule has 5 heteroatoms. The van der Waals surface area contributed by atoms with Crippen molar-refractivity contribution in [3.8, 4) is 5.75 Å². The number of hydrogen-bond acceptors (Lipinski definition) is 3. The minimum absolute atomic E-state index is 0.0452. The molecule has 0 unspecified atom stereocenters. The first-order valence-corrected chi connectivity index (χ1v) is 11.0. The second-order valence-electron chi connectivity index (χ2n) is 7.49. The summed E-state index contributed by atoms with van der Waals surface area (Å²) in [6, 6.07) is 6.14. The third-order valence-corrected chi connectivity index (χ3v) is 7.69. The van der Waals surface area contributed by atoms with Gasteiger partial charge < -0.3 is 15.0 Å². The first-order valence-electron chi connectivity index (χ1n) is 7.43. The number of amides is 1. The van der Waals surface area contributed by atoms with Crippen LogP contribution >= 0.6 is 0 Å². The summed E-state index contributed by atoms with van der Waals surface area (Å²) < 4.78 is 5.39. The molecular formula is C16H24N2O2Si. The van der Waals surface area contributed by atoms with Gasteiger partial charge in [0.05, 0.1) is 15.2 Å². The Morgan fingerprint density at radius 2 is 2.00 bits per heavy atom. The van der Waals surface area contributed by atoms with Crippen LogP contribution < -0.4 is 10.1 Å². The Kier molecular flexibility index (Phi) is 2.93. The van der Waals surface area contributed by atoms with Crippen molar-refractivity contribution in [2.45, 2.75) is 43.7 Å². The van der Waals surface area contributed by atoms with Crippen LogP contribution in [0.5, 0.6) is 5.75 Å². The van der Waals surface area contributed by atoms with Gasteiger partial charge in [-0.25, -0.2) is 0 Å². The first kappa shape index (κ1) is 14.4. The molecule has 1 saturated heterocycles. The number of carbonyl (C=O) groups is 1. The average Bonchev–Trinajstić information content (AvgIpc) is 2.79. The van der Waals surface area contributed by atoms with Crippen LogP contribution in [-0.4, -0.2) is 39.2 Å². The van der Waals surface area contributed by atoms with E-state index >= 15 is 0 Å². The molecule has 0 aromatic heterocycles. The number of likely N-dealkylation sites (tertiary alicyclic amines) is 1. The number of methoxy groups -OCH3 is 1. The molecule has 0 saturated carbocycles. The molecule has 1 N–H and O–H groups in total. The molecular weight excluding hydrogens is 280 g/mol. The molecule has 2 heterocycles. The van der Waals surface area contributed by atoms with Gasteiger partial charge in [-0.05, 0) is 23.8 Å². The number of carbonyl (C=O) groups excluding carboxylic acids is 1. The van der Waals surface area contributed by atoms with Gasteiger partial charge in [-0.2, -0.15) is 0 Å². The first-order chi connectivity index (χ1) is 9.71. The standard InChI is InChI=1S/C16H24N2O2Si/c1-16-11-9-10(20-3)7-8-12(11)17-15(16)18(2)14(19)13(16)21(4,5)6/h7-9,13,15,17H,1-6H3/t13-,15+,16-/m1/s1. The van der Waals surface area contributed by atoms with E-state index in [0.29, 0.717) is 0 Å². The van der Waals surface area contributed by atoms with Crippen molar-refractivity contribution in [3.63, 3.8) is 0 Å². The Hall–Kier alpha value is -1.49. The highest BCUT2D eigenvalue weighted by molar-refractivity contribution is 6.81. The maximum Gasteiger partial charge on any atom is 0.225 e. The molecule has 1 aromatic rings. The van der Waals surface area contributed by atoms with Crippen LogP contribution in [0.15, 0.2) is 18.2 Å². The molecule has 3 rings (SSSR count). The van der Waals surface area contributed by atoms with Crippen LogP contribution in [0.4, 0.5) is 5.69 Å². The minimum atomic E-state index is -1.66. The van der Waals surface area contributed by atoms with E-state index in [1.54, 1.807) is 7.11 Å². The summed E-state index contributed by atoms with van der Waals surface area (Å²) in [4.78, 5) is 14.7. The van der Waals surface area contributed by atoms with Gasteiger partial charge >= 0.3 is 0 Å². The summed E-state index contributed by atoms with van der Waals surface area (Å²) in [6.45, 7) is 9.10. The SMILES string of the molecule is COc1ccc2c(c1)[C@]1(C)[C@H]([Si](C)(C)C)C(=O)N(C)[C@@H]1N2. The topological polar surface area (TPSA) is 41.6 Å². The van der Waals surface area contributed by atoms with Crippen molar-refractivity contribution < 1.29 is 9.53 Å². The molecule has 2 aliphatic rings.